The second-order valence-corrected chi connectivity index (χ2v) is 5.54. The Balaban J connectivity index is 2.10. The molecule has 0 aromatic heterocycles. The molecule has 2 aliphatic rings. The Bertz CT molecular complexity index is 312. The minimum absolute atomic E-state index is 0.193. The van der Waals surface area contributed by atoms with Gasteiger partial charge >= 0.3 is 0 Å². The maximum atomic E-state index is 12.7. The van der Waals surface area contributed by atoms with Gasteiger partial charge in [0.2, 0.25) is 0 Å². The Morgan fingerprint density at radius 1 is 1.28 bits per heavy atom. The predicted octanol–water partition coefficient (Wildman–Crippen LogP) is 2.56. The van der Waals surface area contributed by atoms with E-state index in [1.54, 1.807) is 0 Å². The summed E-state index contributed by atoms with van der Waals surface area (Å²) in [4.78, 5) is 15.1. The summed E-state index contributed by atoms with van der Waals surface area (Å²) in [5.74, 6) is 0.397. The lowest BCUT2D eigenvalue weighted by Gasteiger charge is -2.42. The standard InChI is InChI=1S/C15H25NO2/c1-3-13(2)12-14(17)15(6-4-5-7-15)16-8-10-18-11-9-16/h2-12H2,1H3. The molecule has 1 aliphatic carbocycles. The lowest BCUT2D eigenvalue weighted by atomic mass is 9.85. The Labute approximate surface area is 110 Å². The van der Waals surface area contributed by atoms with Crippen molar-refractivity contribution >= 4 is 5.78 Å². The fourth-order valence-electron chi connectivity index (χ4n) is 3.24. The number of morpholine rings is 1. The van der Waals surface area contributed by atoms with Gasteiger partial charge in [0.15, 0.2) is 5.78 Å². The number of hydrogen-bond acceptors (Lipinski definition) is 3. The molecule has 0 N–H and O–H groups in total. The highest BCUT2D eigenvalue weighted by Gasteiger charge is 2.45. The molecule has 0 amide bonds. The molecule has 3 heteroatoms. The summed E-state index contributed by atoms with van der Waals surface area (Å²) in [5.41, 5.74) is 0.876. The van der Waals surface area contributed by atoms with Gasteiger partial charge in [-0.05, 0) is 19.3 Å². The van der Waals surface area contributed by atoms with Crippen molar-refractivity contribution < 1.29 is 9.53 Å². The summed E-state index contributed by atoms with van der Waals surface area (Å²) < 4.78 is 5.42. The minimum Gasteiger partial charge on any atom is -0.379 e. The molecular weight excluding hydrogens is 226 g/mol. The van der Waals surface area contributed by atoms with E-state index in [1.807, 2.05) is 0 Å². The number of Topliss-reactive ketones (excluding diaryl/α,β-unsaturated/α-hetero) is 1. The molecule has 102 valence electrons. The summed E-state index contributed by atoms with van der Waals surface area (Å²) in [6, 6.07) is 0. The third-order valence-electron chi connectivity index (χ3n) is 4.48. The van der Waals surface area contributed by atoms with E-state index < -0.39 is 0 Å². The van der Waals surface area contributed by atoms with Gasteiger partial charge in [0, 0.05) is 19.5 Å². The zero-order valence-electron chi connectivity index (χ0n) is 11.5. The molecule has 1 saturated carbocycles. The van der Waals surface area contributed by atoms with Crippen molar-refractivity contribution in [3.8, 4) is 0 Å². The molecule has 0 aromatic carbocycles. The summed E-state index contributed by atoms with van der Waals surface area (Å²) in [6.45, 7) is 9.42. The highest BCUT2D eigenvalue weighted by Crippen LogP contribution is 2.38. The summed E-state index contributed by atoms with van der Waals surface area (Å²) >= 11 is 0. The van der Waals surface area contributed by atoms with E-state index in [9.17, 15) is 4.79 Å². The number of carbonyl (C=O) groups excluding carboxylic acids is 1. The van der Waals surface area contributed by atoms with Gasteiger partial charge in [-0.25, -0.2) is 0 Å². The van der Waals surface area contributed by atoms with Crippen LogP contribution in [0.25, 0.3) is 0 Å². The quantitative estimate of drug-likeness (QED) is 0.703. The second-order valence-electron chi connectivity index (χ2n) is 5.54. The van der Waals surface area contributed by atoms with Crippen LogP contribution < -0.4 is 0 Å². The van der Waals surface area contributed by atoms with Gasteiger partial charge in [0.25, 0.3) is 0 Å². The molecule has 0 bridgehead atoms. The molecular formula is C15H25NO2. The first-order valence-electron chi connectivity index (χ1n) is 7.22. The van der Waals surface area contributed by atoms with Crippen molar-refractivity contribution in [2.24, 2.45) is 0 Å². The highest BCUT2D eigenvalue weighted by atomic mass is 16.5. The van der Waals surface area contributed by atoms with E-state index in [1.165, 1.54) is 12.8 Å². The third-order valence-corrected chi connectivity index (χ3v) is 4.48. The average molecular weight is 251 g/mol. The molecule has 1 aliphatic heterocycles. The van der Waals surface area contributed by atoms with Crippen LogP contribution in [-0.2, 0) is 9.53 Å². The number of ether oxygens (including phenoxy) is 1. The zero-order chi connectivity index (χ0) is 13.0. The maximum Gasteiger partial charge on any atom is 0.157 e. The highest BCUT2D eigenvalue weighted by molar-refractivity contribution is 5.90. The molecule has 2 fully saturated rings. The van der Waals surface area contributed by atoms with E-state index in [0.29, 0.717) is 12.2 Å². The van der Waals surface area contributed by atoms with Gasteiger partial charge in [0.05, 0.1) is 18.8 Å². The number of nitrogens with zero attached hydrogens (tertiary/aromatic N) is 1. The van der Waals surface area contributed by atoms with E-state index in [0.717, 1.165) is 51.1 Å². The molecule has 0 spiro atoms. The maximum absolute atomic E-state index is 12.7. The monoisotopic (exact) mass is 251 g/mol. The van der Waals surface area contributed by atoms with E-state index >= 15 is 0 Å². The number of hydrogen-bond donors (Lipinski definition) is 0. The van der Waals surface area contributed by atoms with Gasteiger partial charge in [-0.2, -0.15) is 0 Å². The number of ketones is 1. The topological polar surface area (TPSA) is 29.5 Å². The van der Waals surface area contributed by atoms with E-state index in [4.69, 9.17) is 4.74 Å². The molecule has 1 saturated heterocycles. The Kier molecular flexibility index (Phi) is 4.57. The van der Waals surface area contributed by atoms with E-state index in [-0.39, 0.29) is 5.54 Å². The first kappa shape index (κ1) is 13.8. The summed E-state index contributed by atoms with van der Waals surface area (Å²) in [6.07, 6.45) is 5.90. The summed E-state index contributed by atoms with van der Waals surface area (Å²) in [5, 5.41) is 0. The molecule has 3 nitrogen and oxygen atoms in total. The largest absolute Gasteiger partial charge is 0.379 e. The zero-order valence-corrected chi connectivity index (χ0v) is 11.5. The third kappa shape index (κ3) is 2.67. The van der Waals surface area contributed by atoms with Crippen molar-refractivity contribution in [1.82, 2.24) is 4.90 Å². The lowest BCUT2D eigenvalue weighted by Crippen LogP contribution is -2.56. The average Bonchev–Trinajstić information content (AvgIpc) is 2.90. The van der Waals surface area contributed by atoms with Gasteiger partial charge in [-0.3, -0.25) is 9.69 Å². The van der Waals surface area contributed by atoms with Crippen LogP contribution in [0.15, 0.2) is 12.2 Å². The molecule has 0 unspecified atom stereocenters. The van der Waals surface area contributed by atoms with Gasteiger partial charge in [0.1, 0.15) is 0 Å². The first-order chi connectivity index (χ1) is 8.69. The van der Waals surface area contributed by atoms with Crippen molar-refractivity contribution in [2.75, 3.05) is 26.3 Å². The second kappa shape index (κ2) is 5.98. The molecule has 0 atom stereocenters. The van der Waals surface area contributed by atoms with Gasteiger partial charge < -0.3 is 4.74 Å². The van der Waals surface area contributed by atoms with Crippen LogP contribution in [-0.4, -0.2) is 42.5 Å². The van der Waals surface area contributed by atoms with Crippen LogP contribution in [0.5, 0.6) is 0 Å². The summed E-state index contributed by atoms with van der Waals surface area (Å²) in [7, 11) is 0. The molecule has 2 rings (SSSR count). The van der Waals surface area contributed by atoms with Crippen molar-refractivity contribution in [3.05, 3.63) is 12.2 Å². The first-order valence-corrected chi connectivity index (χ1v) is 7.22. The van der Waals surface area contributed by atoms with Gasteiger partial charge in [-0.15, -0.1) is 0 Å². The van der Waals surface area contributed by atoms with Crippen molar-refractivity contribution in [2.45, 2.75) is 51.0 Å². The molecule has 18 heavy (non-hydrogen) atoms. The van der Waals surface area contributed by atoms with Crippen LogP contribution >= 0.6 is 0 Å². The van der Waals surface area contributed by atoms with Crippen molar-refractivity contribution in [1.29, 1.82) is 0 Å². The molecule has 0 radical (unpaired) electrons. The fraction of sp³-hybridized carbons (Fsp3) is 0.800. The van der Waals surface area contributed by atoms with Crippen molar-refractivity contribution in [3.63, 3.8) is 0 Å². The number of rotatable bonds is 5. The minimum atomic E-state index is -0.193. The number of allylic oxidation sites excluding steroid dienone is 1. The van der Waals surface area contributed by atoms with Crippen LogP contribution in [0, 0.1) is 0 Å². The Morgan fingerprint density at radius 3 is 2.44 bits per heavy atom. The number of carbonyl (C=O) groups is 1. The smallest absolute Gasteiger partial charge is 0.157 e. The van der Waals surface area contributed by atoms with Crippen LogP contribution in [0.4, 0.5) is 0 Å². The van der Waals surface area contributed by atoms with Crippen LogP contribution in [0.2, 0.25) is 0 Å². The normalized spacial score (nSPS) is 24.1. The predicted molar refractivity (Wildman–Crippen MR) is 72.6 cm³/mol. The lowest BCUT2D eigenvalue weighted by molar-refractivity contribution is -0.133. The van der Waals surface area contributed by atoms with E-state index in [2.05, 4.69) is 18.4 Å². The Morgan fingerprint density at radius 2 is 1.89 bits per heavy atom. The van der Waals surface area contributed by atoms with Crippen LogP contribution in [0.3, 0.4) is 0 Å². The van der Waals surface area contributed by atoms with Gasteiger partial charge in [-0.1, -0.05) is 31.9 Å². The SMILES string of the molecule is C=C(CC)CC(=O)C1(N2CCOCC2)CCCC1. The van der Waals surface area contributed by atoms with Crippen LogP contribution in [0.1, 0.15) is 45.4 Å². The molecule has 0 aromatic rings. The fourth-order valence-corrected chi connectivity index (χ4v) is 3.24. The Hall–Kier alpha value is -0.670. The molecule has 1 heterocycles.